The average Bonchev–Trinajstić information content (AvgIpc) is 2.55. The van der Waals surface area contributed by atoms with Crippen LogP contribution in [-0.4, -0.2) is 31.5 Å². The molecule has 0 aromatic heterocycles. The Kier molecular flexibility index (Phi) is 6.65. The minimum absolute atomic E-state index is 0.174. The summed E-state index contributed by atoms with van der Waals surface area (Å²) in [7, 11) is 3.42. The lowest BCUT2D eigenvalue weighted by Gasteiger charge is -2.18. The zero-order chi connectivity index (χ0) is 18.4. The summed E-state index contributed by atoms with van der Waals surface area (Å²) in [4.78, 5) is 14.0. The second-order valence-electron chi connectivity index (χ2n) is 5.48. The third-order valence-corrected chi connectivity index (χ3v) is 4.02. The molecule has 1 amide bonds. The Balaban J connectivity index is 1.97. The molecule has 2 rings (SSSR count). The van der Waals surface area contributed by atoms with Crippen molar-refractivity contribution >= 4 is 34.8 Å². The van der Waals surface area contributed by atoms with E-state index >= 15 is 0 Å². The topological polar surface area (TPSA) is 65.4 Å². The van der Waals surface area contributed by atoms with Crippen molar-refractivity contribution in [2.24, 2.45) is 0 Å². The Morgan fingerprint density at radius 1 is 1.28 bits per heavy atom. The fourth-order valence-electron chi connectivity index (χ4n) is 2.35. The quantitative estimate of drug-likeness (QED) is 0.827. The van der Waals surface area contributed by atoms with Gasteiger partial charge < -0.3 is 10.1 Å². The van der Waals surface area contributed by atoms with E-state index in [1.165, 1.54) is 0 Å². The number of amides is 1. The molecule has 2 aromatic rings. The standard InChI is InChI=1S/C18H17Cl2N3O2/c1-23(10-13-7-14(19)4-6-17(13)25-2)11-18(24)22-15-5-3-12(9-21)16(20)8-15/h3-8H,10-11H2,1-2H3,(H,22,24). The summed E-state index contributed by atoms with van der Waals surface area (Å²) in [5.41, 5.74) is 1.80. The molecule has 25 heavy (non-hydrogen) atoms. The number of rotatable bonds is 6. The molecule has 0 fully saturated rings. The molecule has 0 aliphatic rings. The molecule has 0 atom stereocenters. The lowest BCUT2D eigenvalue weighted by atomic mass is 10.2. The smallest absolute Gasteiger partial charge is 0.238 e. The van der Waals surface area contributed by atoms with Gasteiger partial charge in [0.1, 0.15) is 11.8 Å². The number of nitrogens with one attached hydrogen (secondary N) is 1. The number of methoxy groups -OCH3 is 1. The van der Waals surface area contributed by atoms with Crippen LogP contribution in [0.2, 0.25) is 10.0 Å². The van der Waals surface area contributed by atoms with Crippen molar-refractivity contribution in [3.63, 3.8) is 0 Å². The Labute approximate surface area is 156 Å². The summed E-state index contributed by atoms with van der Waals surface area (Å²) in [5.74, 6) is 0.528. The maximum atomic E-state index is 12.2. The molecule has 5 nitrogen and oxygen atoms in total. The monoisotopic (exact) mass is 377 g/mol. The van der Waals surface area contributed by atoms with Gasteiger partial charge in [0, 0.05) is 22.8 Å². The van der Waals surface area contributed by atoms with Gasteiger partial charge in [0.15, 0.2) is 0 Å². The molecule has 0 aliphatic heterocycles. The van der Waals surface area contributed by atoms with Crippen molar-refractivity contribution < 1.29 is 9.53 Å². The van der Waals surface area contributed by atoms with E-state index in [4.69, 9.17) is 33.2 Å². The van der Waals surface area contributed by atoms with Crippen LogP contribution in [0.1, 0.15) is 11.1 Å². The highest BCUT2D eigenvalue weighted by Crippen LogP contribution is 2.24. The number of nitriles is 1. The maximum Gasteiger partial charge on any atom is 0.238 e. The number of hydrogen-bond acceptors (Lipinski definition) is 4. The molecule has 2 aromatic carbocycles. The zero-order valence-corrected chi connectivity index (χ0v) is 15.4. The van der Waals surface area contributed by atoms with Crippen LogP contribution in [0.15, 0.2) is 36.4 Å². The maximum absolute atomic E-state index is 12.2. The van der Waals surface area contributed by atoms with Crippen molar-refractivity contribution in [2.75, 3.05) is 26.0 Å². The Hall–Kier alpha value is -2.26. The van der Waals surface area contributed by atoms with Gasteiger partial charge in [-0.15, -0.1) is 0 Å². The lowest BCUT2D eigenvalue weighted by Crippen LogP contribution is -2.30. The van der Waals surface area contributed by atoms with E-state index in [2.05, 4.69) is 5.32 Å². The van der Waals surface area contributed by atoms with E-state index in [9.17, 15) is 4.79 Å². The summed E-state index contributed by atoms with van der Waals surface area (Å²) in [6, 6.07) is 12.1. The minimum Gasteiger partial charge on any atom is -0.496 e. The van der Waals surface area contributed by atoms with Gasteiger partial charge in [-0.05, 0) is 43.4 Å². The van der Waals surface area contributed by atoms with Crippen LogP contribution < -0.4 is 10.1 Å². The van der Waals surface area contributed by atoms with Gasteiger partial charge in [-0.25, -0.2) is 0 Å². The van der Waals surface area contributed by atoms with Crippen LogP contribution in [0.4, 0.5) is 5.69 Å². The van der Waals surface area contributed by atoms with Gasteiger partial charge in [0.25, 0.3) is 0 Å². The molecule has 1 N–H and O–H groups in total. The molecule has 130 valence electrons. The predicted octanol–water partition coefficient (Wildman–Crippen LogP) is 3.94. The van der Waals surface area contributed by atoms with Gasteiger partial charge in [-0.2, -0.15) is 5.26 Å². The van der Waals surface area contributed by atoms with E-state index in [0.29, 0.717) is 27.8 Å². The first-order valence-electron chi connectivity index (χ1n) is 7.43. The SMILES string of the molecule is COc1ccc(Cl)cc1CN(C)CC(=O)Nc1ccc(C#N)c(Cl)c1. The van der Waals surface area contributed by atoms with Gasteiger partial charge in [-0.3, -0.25) is 9.69 Å². The minimum atomic E-state index is -0.190. The highest BCUT2D eigenvalue weighted by molar-refractivity contribution is 6.32. The molecule has 0 heterocycles. The number of hydrogen-bond donors (Lipinski definition) is 1. The number of benzene rings is 2. The Morgan fingerprint density at radius 2 is 2.04 bits per heavy atom. The second kappa shape index (κ2) is 8.72. The Morgan fingerprint density at radius 3 is 2.68 bits per heavy atom. The average molecular weight is 378 g/mol. The molecule has 7 heteroatoms. The lowest BCUT2D eigenvalue weighted by molar-refractivity contribution is -0.117. The molecule has 0 radical (unpaired) electrons. The van der Waals surface area contributed by atoms with Crippen molar-refractivity contribution in [1.29, 1.82) is 5.26 Å². The van der Waals surface area contributed by atoms with Crippen LogP contribution in [0.3, 0.4) is 0 Å². The zero-order valence-electron chi connectivity index (χ0n) is 13.8. The first kappa shape index (κ1) is 19.1. The molecular weight excluding hydrogens is 361 g/mol. The van der Waals surface area contributed by atoms with E-state index in [-0.39, 0.29) is 12.5 Å². The third kappa shape index (κ3) is 5.36. The number of carbonyl (C=O) groups is 1. The van der Waals surface area contributed by atoms with Gasteiger partial charge in [0.2, 0.25) is 5.91 Å². The number of halogens is 2. The summed E-state index contributed by atoms with van der Waals surface area (Å²) >= 11 is 12.0. The van der Waals surface area contributed by atoms with Crippen molar-refractivity contribution in [3.8, 4) is 11.8 Å². The van der Waals surface area contributed by atoms with E-state index < -0.39 is 0 Å². The van der Waals surface area contributed by atoms with E-state index in [1.807, 2.05) is 24.1 Å². The molecule has 0 saturated carbocycles. The molecule has 0 saturated heterocycles. The summed E-state index contributed by atoms with van der Waals surface area (Å²) in [6.07, 6.45) is 0. The van der Waals surface area contributed by atoms with Gasteiger partial charge >= 0.3 is 0 Å². The molecule has 0 aliphatic carbocycles. The molecule has 0 unspecified atom stereocenters. The van der Waals surface area contributed by atoms with Crippen LogP contribution in [-0.2, 0) is 11.3 Å². The fraction of sp³-hybridized carbons (Fsp3) is 0.222. The number of anilines is 1. The summed E-state index contributed by atoms with van der Waals surface area (Å²) in [5, 5.41) is 12.5. The number of likely N-dealkylation sites (N-methyl/N-ethyl adjacent to an activating group) is 1. The van der Waals surface area contributed by atoms with E-state index in [1.54, 1.807) is 37.4 Å². The number of nitrogens with zero attached hydrogens (tertiary/aromatic N) is 2. The fourth-order valence-corrected chi connectivity index (χ4v) is 2.76. The van der Waals surface area contributed by atoms with E-state index in [0.717, 1.165) is 11.3 Å². The van der Waals surface area contributed by atoms with Gasteiger partial charge in [0.05, 0.1) is 24.2 Å². The third-order valence-electron chi connectivity index (χ3n) is 3.47. The van der Waals surface area contributed by atoms with Crippen molar-refractivity contribution in [1.82, 2.24) is 4.90 Å². The van der Waals surface area contributed by atoms with Crippen molar-refractivity contribution in [2.45, 2.75) is 6.54 Å². The van der Waals surface area contributed by atoms with Crippen LogP contribution >= 0.6 is 23.2 Å². The Bertz CT molecular complexity index is 818. The second-order valence-corrected chi connectivity index (χ2v) is 6.33. The highest BCUT2D eigenvalue weighted by atomic mass is 35.5. The normalized spacial score (nSPS) is 10.4. The summed E-state index contributed by atoms with van der Waals surface area (Å²) in [6.45, 7) is 0.679. The van der Waals surface area contributed by atoms with Crippen molar-refractivity contribution in [3.05, 3.63) is 57.6 Å². The molecule has 0 spiro atoms. The molecule has 0 bridgehead atoms. The molecular formula is C18H17Cl2N3O2. The predicted molar refractivity (Wildman–Crippen MR) is 99.1 cm³/mol. The largest absolute Gasteiger partial charge is 0.496 e. The summed E-state index contributed by atoms with van der Waals surface area (Å²) < 4.78 is 5.31. The highest BCUT2D eigenvalue weighted by Gasteiger charge is 2.12. The number of carbonyl (C=O) groups excluding carboxylic acids is 1. The first-order valence-corrected chi connectivity index (χ1v) is 8.19. The van der Waals surface area contributed by atoms with Crippen LogP contribution in [0.5, 0.6) is 5.75 Å². The number of ether oxygens (including phenoxy) is 1. The van der Waals surface area contributed by atoms with Crippen LogP contribution in [0, 0.1) is 11.3 Å². The van der Waals surface area contributed by atoms with Crippen LogP contribution in [0.25, 0.3) is 0 Å². The first-order chi connectivity index (χ1) is 11.9. The van der Waals surface area contributed by atoms with Gasteiger partial charge in [-0.1, -0.05) is 23.2 Å².